The van der Waals surface area contributed by atoms with Crippen LogP contribution in [0.5, 0.6) is 5.75 Å². The van der Waals surface area contributed by atoms with Crippen molar-refractivity contribution < 1.29 is 39.9 Å². The van der Waals surface area contributed by atoms with E-state index >= 15 is 0 Å². The van der Waals surface area contributed by atoms with E-state index in [0.29, 0.717) is 24.1 Å². The van der Waals surface area contributed by atoms with Crippen molar-refractivity contribution in [3.8, 4) is 5.75 Å². The zero-order chi connectivity index (χ0) is 22.1. The van der Waals surface area contributed by atoms with Gasteiger partial charge in [-0.05, 0) is 35.7 Å². The average molecular weight is 450 g/mol. The number of carbonyl (C=O) groups excluding carboxylic acids is 1. The van der Waals surface area contributed by atoms with Crippen LogP contribution < -0.4 is 9.46 Å². The summed E-state index contributed by atoms with van der Waals surface area (Å²) in [4.78, 5) is 14.2. The molecule has 0 saturated heterocycles. The van der Waals surface area contributed by atoms with E-state index in [1.54, 1.807) is 6.07 Å². The number of nitrogens with one attached hydrogen (secondary N) is 1. The minimum absolute atomic E-state index is 0.0404. The quantitative estimate of drug-likeness (QED) is 0.681. The topological polar surface area (TPSA) is 75.7 Å². The third kappa shape index (κ3) is 4.64. The predicted octanol–water partition coefficient (Wildman–Crippen LogP) is 3.75. The zero-order valence-electron chi connectivity index (χ0n) is 15.1. The van der Waals surface area contributed by atoms with Crippen LogP contribution in [0.15, 0.2) is 42.5 Å². The first-order valence-electron chi connectivity index (χ1n) is 8.52. The van der Waals surface area contributed by atoms with Crippen molar-refractivity contribution in [3.63, 3.8) is 0 Å². The lowest BCUT2D eigenvalue weighted by atomic mass is 9.97. The van der Waals surface area contributed by atoms with Crippen LogP contribution in [0.3, 0.4) is 0 Å². The van der Waals surface area contributed by atoms with Crippen LogP contribution in [0.1, 0.15) is 21.5 Å². The van der Waals surface area contributed by atoms with Crippen molar-refractivity contribution in [1.82, 2.24) is 4.90 Å². The van der Waals surface area contributed by atoms with Crippen molar-refractivity contribution >= 4 is 21.6 Å². The lowest BCUT2D eigenvalue weighted by Crippen LogP contribution is -2.37. The molecular formula is C18H15F5N2O4S. The number of fused-ring (bicyclic) bond motifs is 1. The number of sulfonamides is 1. The van der Waals surface area contributed by atoms with Crippen LogP contribution in [0, 0.1) is 0 Å². The van der Waals surface area contributed by atoms with E-state index in [4.69, 9.17) is 0 Å². The van der Waals surface area contributed by atoms with Crippen molar-refractivity contribution in [2.24, 2.45) is 0 Å². The molecule has 0 unspecified atom stereocenters. The standard InChI is InChI=1S/C18H15F5N2O4S/c19-17(20)29-14-3-1-2-12-8-9-25(16(26)15(12)14)10-11-4-6-13(7-5-11)24-30(27,28)18(21,22)23/h1-7,17,24H,8-10H2. The number of rotatable bonds is 6. The van der Waals surface area contributed by atoms with Gasteiger partial charge in [0.1, 0.15) is 5.75 Å². The highest BCUT2D eigenvalue weighted by molar-refractivity contribution is 7.93. The summed E-state index contributed by atoms with van der Waals surface area (Å²) in [6.07, 6.45) is 0.408. The first-order valence-corrected chi connectivity index (χ1v) is 10.0. The highest BCUT2D eigenvalue weighted by Gasteiger charge is 2.46. The largest absolute Gasteiger partial charge is 0.516 e. The Labute approximate surface area is 168 Å². The Kier molecular flexibility index (Phi) is 5.88. The summed E-state index contributed by atoms with van der Waals surface area (Å²) < 4.78 is 90.7. The maximum atomic E-state index is 12.8. The molecule has 2 aromatic carbocycles. The maximum Gasteiger partial charge on any atom is 0.516 e. The Bertz CT molecular complexity index is 1040. The molecule has 0 aliphatic carbocycles. The first kappa shape index (κ1) is 21.8. The SMILES string of the molecule is O=C1c2c(cccc2OC(F)F)CCN1Cc1ccc(NS(=O)(=O)C(F)(F)F)cc1. The Hall–Kier alpha value is -2.89. The fourth-order valence-corrected chi connectivity index (χ4v) is 3.56. The van der Waals surface area contributed by atoms with Gasteiger partial charge in [-0.1, -0.05) is 24.3 Å². The second kappa shape index (κ2) is 8.09. The Balaban J connectivity index is 1.75. The van der Waals surface area contributed by atoms with Crippen LogP contribution >= 0.6 is 0 Å². The van der Waals surface area contributed by atoms with Crippen molar-refractivity contribution in [3.05, 3.63) is 59.2 Å². The van der Waals surface area contributed by atoms with Crippen molar-refractivity contribution in [2.75, 3.05) is 11.3 Å². The summed E-state index contributed by atoms with van der Waals surface area (Å²) in [5, 5.41) is 0. The van der Waals surface area contributed by atoms with E-state index < -0.39 is 28.1 Å². The molecule has 0 atom stereocenters. The highest BCUT2D eigenvalue weighted by Crippen LogP contribution is 2.30. The lowest BCUT2D eigenvalue weighted by molar-refractivity contribution is -0.0504. The summed E-state index contributed by atoms with van der Waals surface area (Å²) in [6, 6.07) is 9.41. The van der Waals surface area contributed by atoms with Gasteiger partial charge < -0.3 is 9.64 Å². The molecule has 6 nitrogen and oxygen atoms in total. The fourth-order valence-electron chi connectivity index (χ4n) is 3.00. The Morgan fingerprint density at radius 1 is 1.10 bits per heavy atom. The van der Waals surface area contributed by atoms with Crippen LogP contribution in [0.25, 0.3) is 0 Å². The third-order valence-electron chi connectivity index (χ3n) is 4.37. The van der Waals surface area contributed by atoms with Gasteiger partial charge in [0.05, 0.1) is 5.56 Å². The van der Waals surface area contributed by atoms with Crippen LogP contribution in [0.2, 0.25) is 0 Å². The molecule has 30 heavy (non-hydrogen) atoms. The zero-order valence-corrected chi connectivity index (χ0v) is 15.9. The van der Waals surface area contributed by atoms with Crippen LogP contribution in [-0.2, 0) is 23.0 Å². The smallest absolute Gasteiger partial charge is 0.434 e. The van der Waals surface area contributed by atoms with E-state index in [-0.39, 0.29) is 23.5 Å². The molecule has 0 bridgehead atoms. The van der Waals surface area contributed by atoms with E-state index in [2.05, 4.69) is 4.74 Å². The lowest BCUT2D eigenvalue weighted by Gasteiger charge is -2.29. The van der Waals surface area contributed by atoms with E-state index in [0.717, 1.165) is 12.1 Å². The molecule has 1 heterocycles. The number of ether oxygens (including phenoxy) is 1. The molecule has 1 aliphatic rings. The molecule has 0 saturated carbocycles. The van der Waals surface area contributed by atoms with Crippen molar-refractivity contribution in [2.45, 2.75) is 25.1 Å². The summed E-state index contributed by atoms with van der Waals surface area (Å²) in [7, 11) is -5.54. The summed E-state index contributed by atoms with van der Waals surface area (Å²) in [6.45, 7) is -2.74. The molecule has 12 heteroatoms. The average Bonchev–Trinajstić information content (AvgIpc) is 2.64. The minimum Gasteiger partial charge on any atom is -0.434 e. The van der Waals surface area contributed by atoms with Gasteiger partial charge in [0.25, 0.3) is 5.91 Å². The molecule has 2 aromatic rings. The van der Waals surface area contributed by atoms with Gasteiger partial charge >= 0.3 is 22.1 Å². The molecule has 1 amide bonds. The second-order valence-corrected chi connectivity index (χ2v) is 8.07. The molecule has 0 spiro atoms. The van der Waals surface area contributed by atoms with Gasteiger partial charge in [0, 0.05) is 18.8 Å². The number of nitrogens with zero attached hydrogens (tertiary/aromatic N) is 1. The van der Waals surface area contributed by atoms with Crippen LogP contribution in [-0.4, -0.2) is 37.9 Å². The summed E-state index contributed by atoms with van der Waals surface area (Å²) in [5.41, 5.74) is -4.62. The number of amides is 1. The molecule has 162 valence electrons. The van der Waals surface area contributed by atoms with Gasteiger partial charge in [-0.3, -0.25) is 9.52 Å². The first-order chi connectivity index (χ1) is 14.0. The molecule has 3 rings (SSSR count). The van der Waals surface area contributed by atoms with Gasteiger partial charge in [-0.15, -0.1) is 0 Å². The molecule has 0 radical (unpaired) electrons. The Morgan fingerprint density at radius 3 is 2.37 bits per heavy atom. The van der Waals surface area contributed by atoms with E-state index in [9.17, 15) is 35.2 Å². The normalized spacial score (nSPS) is 14.6. The van der Waals surface area contributed by atoms with Gasteiger partial charge in [-0.25, -0.2) is 0 Å². The summed E-state index contributed by atoms with van der Waals surface area (Å²) >= 11 is 0. The number of anilines is 1. The van der Waals surface area contributed by atoms with Gasteiger partial charge in [-0.2, -0.15) is 30.4 Å². The van der Waals surface area contributed by atoms with Crippen molar-refractivity contribution in [1.29, 1.82) is 0 Å². The second-order valence-electron chi connectivity index (χ2n) is 6.39. The number of benzene rings is 2. The predicted molar refractivity (Wildman–Crippen MR) is 96.6 cm³/mol. The van der Waals surface area contributed by atoms with Crippen LogP contribution in [0.4, 0.5) is 27.6 Å². The molecule has 1 aliphatic heterocycles. The number of alkyl halides is 5. The van der Waals surface area contributed by atoms with Gasteiger partial charge in [0.2, 0.25) is 0 Å². The van der Waals surface area contributed by atoms with E-state index in [1.165, 1.54) is 33.9 Å². The molecule has 0 fully saturated rings. The summed E-state index contributed by atoms with van der Waals surface area (Å²) in [5.74, 6) is -0.747. The minimum atomic E-state index is -5.54. The monoisotopic (exact) mass is 450 g/mol. The van der Waals surface area contributed by atoms with Gasteiger partial charge in [0.15, 0.2) is 0 Å². The highest BCUT2D eigenvalue weighted by atomic mass is 32.2. The molecule has 0 aromatic heterocycles. The Morgan fingerprint density at radius 2 is 1.77 bits per heavy atom. The number of carbonyl (C=O) groups is 1. The maximum absolute atomic E-state index is 12.8. The number of hydrogen-bond acceptors (Lipinski definition) is 4. The molecular weight excluding hydrogens is 435 g/mol. The fraction of sp³-hybridized carbons (Fsp3) is 0.278. The van der Waals surface area contributed by atoms with E-state index in [1.807, 2.05) is 0 Å². The number of hydrogen-bond donors (Lipinski definition) is 1. The molecule has 1 N–H and O–H groups in total. The number of halogens is 5. The third-order valence-corrected chi connectivity index (χ3v) is 5.48.